The van der Waals surface area contributed by atoms with E-state index in [0.717, 1.165) is 12.8 Å². The Morgan fingerprint density at radius 1 is 0.971 bits per heavy atom. The second kappa shape index (κ2) is 11.6. The van der Waals surface area contributed by atoms with Crippen LogP contribution in [0.4, 0.5) is 10.1 Å². The van der Waals surface area contributed by atoms with Gasteiger partial charge in [-0.3, -0.25) is 9.59 Å². The lowest BCUT2D eigenvalue weighted by Crippen LogP contribution is -2.41. The maximum Gasteiger partial charge on any atom is 0.253 e. The third-order valence-corrected chi connectivity index (χ3v) is 7.86. The second-order valence-electron chi connectivity index (χ2n) is 8.49. The van der Waals surface area contributed by atoms with Gasteiger partial charge in [-0.1, -0.05) is 13.8 Å². The monoisotopic (exact) mass is 489 g/mol. The van der Waals surface area contributed by atoms with Gasteiger partial charge in [-0.25, -0.2) is 12.8 Å². The highest BCUT2D eigenvalue weighted by molar-refractivity contribution is 7.89. The SMILES string of the molecule is CCCN(CCC)S(=O)(=O)c1ccc(NC(=O)C2CCN(C(=O)c3ccc(F)cc3)CC2)cc1. The first-order valence-corrected chi connectivity index (χ1v) is 13.2. The molecule has 1 aliphatic heterocycles. The average Bonchev–Trinajstić information content (AvgIpc) is 2.84. The van der Waals surface area contributed by atoms with Crippen LogP contribution >= 0.6 is 0 Å². The summed E-state index contributed by atoms with van der Waals surface area (Å²) in [4.78, 5) is 27.2. The number of hydrogen-bond donors (Lipinski definition) is 1. The molecular formula is C25H32FN3O4S. The Bertz CT molecular complexity index is 1070. The van der Waals surface area contributed by atoms with E-state index in [1.54, 1.807) is 17.0 Å². The number of rotatable bonds is 9. The number of nitrogens with one attached hydrogen (secondary N) is 1. The Kier molecular flexibility index (Phi) is 8.79. The summed E-state index contributed by atoms with van der Waals surface area (Å²) in [5.74, 6) is -0.957. The summed E-state index contributed by atoms with van der Waals surface area (Å²) in [5, 5.41) is 2.86. The van der Waals surface area contributed by atoms with Crippen molar-refractivity contribution < 1.29 is 22.4 Å². The molecule has 2 amide bonds. The van der Waals surface area contributed by atoms with Crippen LogP contribution in [-0.4, -0.2) is 55.6 Å². The van der Waals surface area contributed by atoms with E-state index in [-0.39, 0.29) is 22.6 Å². The molecule has 0 saturated carbocycles. The van der Waals surface area contributed by atoms with Gasteiger partial charge in [0.25, 0.3) is 5.91 Å². The molecule has 1 aliphatic rings. The number of amides is 2. The molecule has 0 aromatic heterocycles. The summed E-state index contributed by atoms with van der Waals surface area (Å²) >= 11 is 0. The predicted molar refractivity (Wildman–Crippen MR) is 129 cm³/mol. The summed E-state index contributed by atoms with van der Waals surface area (Å²) in [6.45, 7) is 5.71. The van der Waals surface area contributed by atoms with E-state index in [0.29, 0.717) is 50.3 Å². The number of hydrogen-bond acceptors (Lipinski definition) is 4. The minimum absolute atomic E-state index is 0.150. The van der Waals surface area contributed by atoms with Crippen molar-refractivity contribution in [2.24, 2.45) is 5.92 Å². The van der Waals surface area contributed by atoms with Gasteiger partial charge in [0.05, 0.1) is 4.90 Å². The van der Waals surface area contributed by atoms with Crippen LogP contribution in [0.3, 0.4) is 0 Å². The van der Waals surface area contributed by atoms with Crippen LogP contribution in [-0.2, 0) is 14.8 Å². The van der Waals surface area contributed by atoms with Crippen molar-refractivity contribution >= 4 is 27.5 Å². The number of halogens is 1. The van der Waals surface area contributed by atoms with Gasteiger partial charge in [-0.05, 0) is 74.2 Å². The zero-order valence-electron chi connectivity index (χ0n) is 19.7. The van der Waals surface area contributed by atoms with Crippen LogP contribution in [0.2, 0.25) is 0 Å². The molecule has 0 bridgehead atoms. The largest absolute Gasteiger partial charge is 0.339 e. The fourth-order valence-electron chi connectivity index (χ4n) is 4.07. The van der Waals surface area contributed by atoms with Gasteiger partial charge in [0.1, 0.15) is 5.82 Å². The van der Waals surface area contributed by atoms with Crippen LogP contribution in [0.25, 0.3) is 0 Å². The van der Waals surface area contributed by atoms with E-state index in [1.807, 2.05) is 13.8 Å². The van der Waals surface area contributed by atoms with Crippen molar-refractivity contribution in [3.8, 4) is 0 Å². The molecule has 1 heterocycles. The second-order valence-corrected chi connectivity index (χ2v) is 10.4. The van der Waals surface area contributed by atoms with Crippen LogP contribution < -0.4 is 5.32 Å². The molecule has 0 aliphatic carbocycles. The molecule has 1 fully saturated rings. The third kappa shape index (κ3) is 6.21. The standard InChI is InChI=1S/C25H32FN3O4S/c1-3-15-29(16-4-2)34(32,33)23-11-9-22(10-12-23)27-24(30)19-13-17-28(18-14-19)25(31)20-5-7-21(26)8-6-20/h5-12,19H,3-4,13-18H2,1-2H3,(H,27,30). The highest BCUT2D eigenvalue weighted by atomic mass is 32.2. The summed E-state index contributed by atoms with van der Waals surface area (Å²) in [5.41, 5.74) is 0.960. The number of carbonyl (C=O) groups excluding carboxylic acids is 2. The van der Waals surface area contributed by atoms with Crippen molar-refractivity contribution in [3.63, 3.8) is 0 Å². The minimum Gasteiger partial charge on any atom is -0.339 e. The topological polar surface area (TPSA) is 86.8 Å². The summed E-state index contributed by atoms with van der Waals surface area (Å²) in [6, 6.07) is 11.7. The van der Waals surface area contributed by atoms with Gasteiger partial charge in [-0.15, -0.1) is 0 Å². The molecular weight excluding hydrogens is 457 g/mol. The summed E-state index contributed by atoms with van der Waals surface area (Å²) in [7, 11) is -3.57. The number of benzene rings is 2. The summed E-state index contributed by atoms with van der Waals surface area (Å²) < 4.78 is 40.3. The molecule has 7 nitrogen and oxygen atoms in total. The average molecular weight is 490 g/mol. The molecule has 0 atom stereocenters. The molecule has 0 unspecified atom stereocenters. The van der Waals surface area contributed by atoms with Gasteiger partial charge in [0, 0.05) is 43.3 Å². The first-order chi connectivity index (χ1) is 16.3. The minimum atomic E-state index is -3.57. The fourth-order valence-corrected chi connectivity index (χ4v) is 5.70. The zero-order valence-corrected chi connectivity index (χ0v) is 20.5. The van der Waals surface area contributed by atoms with Crippen molar-refractivity contribution in [3.05, 3.63) is 59.9 Å². The summed E-state index contributed by atoms with van der Waals surface area (Å²) in [6.07, 6.45) is 2.52. The molecule has 3 rings (SSSR count). The van der Waals surface area contributed by atoms with Crippen molar-refractivity contribution in [1.29, 1.82) is 0 Å². The van der Waals surface area contributed by atoms with E-state index in [1.165, 1.54) is 40.7 Å². The molecule has 184 valence electrons. The van der Waals surface area contributed by atoms with Gasteiger partial charge in [0.2, 0.25) is 15.9 Å². The van der Waals surface area contributed by atoms with E-state index in [9.17, 15) is 22.4 Å². The Balaban J connectivity index is 1.56. The van der Waals surface area contributed by atoms with Gasteiger partial charge in [0.15, 0.2) is 0 Å². The molecule has 9 heteroatoms. The highest BCUT2D eigenvalue weighted by Crippen LogP contribution is 2.23. The Morgan fingerprint density at radius 2 is 1.53 bits per heavy atom. The first kappa shape index (κ1) is 25.8. The fraction of sp³-hybridized carbons (Fsp3) is 0.440. The van der Waals surface area contributed by atoms with Crippen LogP contribution in [0.5, 0.6) is 0 Å². The van der Waals surface area contributed by atoms with E-state index in [4.69, 9.17) is 0 Å². The van der Waals surface area contributed by atoms with E-state index < -0.39 is 15.8 Å². The van der Waals surface area contributed by atoms with Gasteiger partial charge >= 0.3 is 0 Å². The molecule has 2 aromatic rings. The molecule has 0 spiro atoms. The number of sulfonamides is 1. The van der Waals surface area contributed by atoms with Crippen molar-refractivity contribution in [2.75, 3.05) is 31.5 Å². The molecule has 1 saturated heterocycles. The molecule has 0 radical (unpaired) electrons. The first-order valence-electron chi connectivity index (χ1n) is 11.7. The molecule has 34 heavy (non-hydrogen) atoms. The van der Waals surface area contributed by atoms with Gasteiger partial charge < -0.3 is 10.2 Å². The lowest BCUT2D eigenvalue weighted by atomic mass is 9.95. The maximum absolute atomic E-state index is 13.1. The lowest BCUT2D eigenvalue weighted by molar-refractivity contribution is -0.121. The Morgan fingerprint density at radius 3 is 2.06 bits per heavy atom. The Hall–Kier alpha value is -2.78. The van der Waals surface area contributed by atoms with Gasteiger partial charge in [-0.2, -0.15) is 4.31 Å². The van der Waals surface area contributed by atoms with E-state index in [2.05, 4.69) is 5.32 Å². The van der Waals surface area contributed by atoms with Crippen molar-refractivity contribution in [1.82, 2.24) is 9.21 Å². The van der Waals surface area contributed by atoms with Crippen LogP contribution in [0.15, 0.2) is 53.4 Å². The number of anilines is 1. The van der Waals surface area contributed by atoms with Crippen LogP contribution in [0, 0.1) is 11.7 Å². The van der Waals surface area contributed by atoms with E-state index >= 15 is 0 Å². The zero-order chi connectivity index (χ0) is 24.7. The lowest BCUT2D eigenvalue weighted by Gasteiger charge is -2.31. The number of piperidine rings is 1. The van der Waals surface area contributed by atoms with Crippen LogP contribution in [0.1, 0.15) is 49.9 Å². The third-order valence-electron chi connectivity index (χ3n) is 5.95. The normalized spacial score (nSPS) is 14.9. The Labute approximate surface area is 201 Å². The maximum atomic E-state index is 13.1. The molecule has 2 aromatic carbocycles. The molecule has 1 N–H and O–H groups in total. The van der Waals surface area contributed by atoms with Crippen molar-refractivity contribution in [2.45, 2.75) is 44.4 Å². The highest BCUT2D eigenvalue weighted by Gasteiger charge is 2.28. The smallest absolute Gasteiger partial charge is 0.253 e. The number of nitrogens with zero attached hydrogens (tertiary/aromatic N) is 2. The number of likely N-dealkylation sites (tertiary alicyclic amines) is 1. The predicted octanol–water partition coefficient (Wildman–Crippen LogP) is 4.13. The number of carbonyl (C=O) groups is 2. The quantitative estimate of drug-likeness (QED) is 0.574.